The molecule has 0 spiro atoms. The Kier molecular flexibility index (Phi) is 3.28. The number of rotatable bonds is 3. The molecule has 0 bridgehead atoms. The van der Waals surface area contributed by atoms with E-state index in [1.807, 2.05) is 33.3 Å². The summed E-state index contributed by atoms with van der Waals surface area (Å²) in [5.41, 5.74) is 1.14. The van der Waals surface area contributed by atoms with Crippen LogP contribution in [0, 0.1) is 0 Å². The highest BCUT2D eigenvalue weighted by Gasteiger charge is 2.10. The van der Waals surface area contributed by atoms with Crippen LogP contribution in [0.2, 0.25) is 0 Å². The van der Waals surface area contributed by atoms with Crippen LogP contribution >= 0.6 is 0 Å². The number of phenolic OH excluding ortho intramolecular Hbond substituents is 1. The molecule has 1 atom stereocenters. The average Bonchev–Trinajstić information content (AvgIpc) is 2.09. The SMILES string of the molecule is CNC(c1ccc(O)cc1)N(C)C. The molecule has 0 aliphatic rings. The van der Waals surface area contributed by atoms with Crippen molar-refractivity contribution in [3.05, 3.63) is 29.8 Å². The normalized spacial score (nSPS) is 13.2. The molecular formula is C10H16N2O. The predicted molar refractivity (Wildman–Crippen MR) is 53.6 cm³/mol. The van der Waals surface area contributed by atoms with Crippen LogP contribution in [-0.4, -0.2) is 31.1 Å². The van der Waals surface area contributed by atoms with Crippen molar-refractivity contribution in [3.63, 3.8) is 0 Å². The second-order valence-corrected chi connectivity index (χ2v) is 3.25. The van der Waals surface area contributed by atoms with Crippen LogP contribution in [0.25, 0.3) is 0 Å². The van der Waals surface area contributed by atoms with Crippen molar-refractivity contribution in [2.75, 3.05) is 21.1 Å². The van der Waals surface area contributed by atoms with E-state index < -0.39 is 0 Å². The highest BCUT2D eigenvalue weighted by atomic mass is 16.3. The van der Waals surface area contributed by atoms with Gasteiger partial charge in [-0.3, -0.25) is 4.90 Å². The molecule has 0 saturated heterocycles. The van der Waals surface area contributed by atoms with Gasteiger partial charge in [0.25, 0.3) is 0 Å². The fourth-order valence-electron chi connectivity index (χ4n) is 1.38. The summed E-state index contributed by atoms with van der Waals surface area (Å²) in [6.07, 6.45) is 0.195. The topological polar surface area (TPSA) is 35.5 Å². The Hall–Kier alpha value is -1.06. The Morgan fingerprint density at radius 1 is 1.23 bits per heavy atom. The molecule has 1 aromatic carbocycles. The van der Waals surface area contributed by atoms with Crippen LogP contribution in [0.15, 0.2) is 24.3 Å². The first-order valence-corrected chi connectivity index (χ1v) is 4.27. The molecule has 1 unspecified atom stereocenters. The predicted octanol–water partition coefficient (Wildman–Crippen LogP) is 1.17. The molecule has 3 heteroatoms. The number of benzene rings is 1. The molecule has 2 N–H and O–H groups in total. The monoisotopic (exact) mass is 180 g/mol. The van der Waals surface area contributed by atoms with Crippen LogP contribution in [0.1, 0.15) is 11.7 Å². The quantitative estimate of drug-likeness (QED) is 0.685. The molecule has 0 aliphatic heterocycles. The molecule has 13 heavy (non-hydrogen) atoms. The molecule has 0 fully saturated rings. The van der Waals surface area contributed by atoms with Crippen molar-refractivity contribution in [3.8, 4) is 5.75 Å². The van der Waals surface area contributed by atoms with Crippen LogP contribution in [-0.2, 0) is 0 Å². The minimum atomic E-state index is 0.195. The summed E-state index contributed by atoms with van der Waals surface area (Å²) in [5.74, 6) is 0.303. The van der Waals surface area contributed by atoms with E-state index >= 15 is 0 Å². The highest BCUT2D eigenvalue weighted by molar-refractivity contribution is 5.27. The lowest BCUT2D eigenvalue weighted by molar-refractivity contribution is 0.264. The van der Waals surface area contributed by atoms with Crippen molar-refractivity contribution >= 4 is 0 Å². The third kappa shape index (κ3) is 2.44. The molecule has 1 rings (SSSR count). The molecule has 1 aromatic rings. The van der Waals surface area contributed by atoms with Crippen molar-refractivity contribution in [2.24, 2.45) is 0 Å². The Morgan fingerprint density at radius 3 is 2.15 bits per heavy atom. The summed E-state index contributed by atoms with van der Waals surface area (Å²) < 4.78 is 0. The number of nitrogens with one attached hydrogen (secondary N) is 1. The first-order valence-electron chi connectivity index (χ1n) is 4.27. The highest BCUT2D eigenvalue weighted by Crippen LogP contribution is 2.17. The van der Waals surface area contributed by atoms with Gasteiger partial charge in [0.2, 0.25) is 0 Å². The number of nitrogens with zero attached hydrogens (tertiary/aromatic N) is 1. The van der Waals surface area contributed by atoms with Gasteiger partial charge in [-0.15, -0.1) is 0 Å². The number of aromatic hydroxyl groups is 1. The second-order valence-electron chi connectivity index (χ2n) is 3.25. The van der Waals surface area contributed by atoms with E-state index in [0.29, 0.717) is 5.75 Å². The van der Waals surface area contributed by atoms with Crippen LogP contribution in [0.5, 0.6) is 5.75 Å². The van der Waals surface area contributed by atoms with E-state index in [2.05, 4.69) is 10.2 Å². The zero-order chi connectivity index (χ0) is 9.84. The van der Waals surface area contributed by atoms with E-state index in [9.17, 15) is 0 Å². The summed E-state index contributed by atoms with van der Waals surface area (Å²) in [6.45, 7) is 0. The van der Waals surface area contributed by atoms with Gasteiger partial charge in [0.05, 0.1) is 6.17 Å². The molecule has 72 valence electrons. The molecule has 0 amide bonds. The largest absolute Gasteiger partial charge is 0.508 e. The van der Waals surface area contributed by atoms with Gasteiger partial charge >= 0.3 is 0 Å². The van der Waals surface area contributed by atoms with E-state index in [4.69, 9.17) is 5.11 Å². The Bertz CT molecular complexity index is 256. The van der Waals surface area contributed by atoms with Gasteiger partial charge in [-0.1, -0.05) is 12.1 Å². The maximum atomic E-state index is 9.12. The zero-order valence-electron chi connectivity index (χ0n) is 8.28. The number of hydrogen-bond donors (Lipinski definition) is 2. The summed E-state index contributed by atoms with van der Waals surface area (Å²) >= 11 is 0. The van der Waals surface area contributed by atoms with Gasteiger partial charge in [-0.05, 0) is 38.8 Å². The number of phenols is 1. The maximum absolute atomic E-state index is 9.12. The Balaban J connectivity index is 2.86. The summed E-state index contributed by atoms with van der Waals surface area (Å²) in [4.78, 5) is 2.08. The van der Waals surface area contributed by atoms with Crippen LogP contribution < -0.4 is 5.32 Å². The number of hydrogen-bond acceptors (Lipinski definition) is 3. The van der Waals surface area contributed by atoms with Gasteiger partial charge in [-0.2, -0.15) is 0 Å². The lowest BCUT2D eigenvalue weighted by Gasteiger charge is -2.23. The van der Waals surface area contributed by atoms with Crippen molar-refractivity contribution in [1.82, 2.24) is 10.2 Å². The minimum absolute atomic E-state index is 0.195. The molecule has 0 aromatic heterocycles. The first kappa shape index (κ1) is 10.0. The lowest BCUT2D eigenvalue weighted by Crippen LogP contribution is -2.30. The average molecular weight is 180 g/mol. The van der Waals surface area contributed by atoms with E-state index in [1.165, 1.54) is 0 Å². The standard InChI is InChI=1S/C10H16N2O/c1-11-10(12(2)3)8-4-6-9(13)7-5-8/h4-7,10-11,13H,1-3H3. The van der Waals surface area contributed by atoms with Crippen LogP contribution in [0.3, 0.4) is 0 Å². The van der Waals surface area contributed by atoms with Crippen molar-refractivity contribution in [2.45, 2.75) is 6.17 Å². The van der Waals surface area contributed by atoms with E-state index in [1.54, 1.807) is 12.1 Å². The smallest absolute Gasteiger partial charge is 0.115 e. The van der Waals surface area contributed by atoms with Gasteiger partial charge in [0.15, 0.2) is 0 Å². The molecule has 0 radical (unpaired) electrons. The first-order chi connectivity index (χ1) is 6.15. The minimum Gasteiger partial charge on any atom is -0.508 e. The van der Waals surface area contributed by atoms with Crippen LogP contribution in [0.4, 0.5) is 0 Å². The van der Waals surface area contributed by atoms with Crippen molar-refractivity contribution in [1.29, 1.82) is 0 Å². The maximum Gasteiger partial charge on any atom is 0.115 e. The molecule has 0 saturated carbocycles. The second kappa shape index (κ2) is 4.25. The summed E-state index contributed by atoms with van der Waals surface area (Å²) in [5, 5.41) is 12.3. The van der Waals surface area contributed by atoms with Gasteiger partial charge in [-0.25, -0.2) is 0 Å². The molecule has 0 heterocycles. The summed E-state index contributed by atoms with van der Waals surface area (Å²) in [6, 6.07) is 7.22. The third-order valence-electron chi connectivity index (χ3n) is 2.00. The molecule has 0 aliphatic carbocycles. The lowest BCUT2D eigenvalue weighted by atomic mass is 10.1. The van der Waals surface area contributed by atoms with Crippen molar-refractivity contribution < 1.29 is 5.11 Å². The van der Waals surface area contributed by atoms with Gasteiger partial charge in [0.1, 0.15) is 5.75 Å². The van der Waals surface area contributed by atoms with Gasteiger partial charge in [0, 0.05) is 0 Å². The third-order valence-corrected chi connectivity index (χ3v) is 2.00. The van der Waals surface area contributed by atoms with E-state index in [-0.39, 0.29) is 6.17 Å². The Morgan fingerprint density at radius 2 is 1.77 bits per heavy atom. The van der Waals surface area contributed by atoms with Gasteiger partial charge < -0.3 is 10.4 Å². The zero-order valence-corrected chi connectivity index (χ0v) is 8.28. The van der Waals surface area contributed by atoms with E-state index in [0.717, 1.165) is 5.56 Å². The fourth-order valence-corrected chi connectivity index (χ4v) is 1.38. The summed E-state index contributed by atoms with van der Waals surface area (Å²) in [7, 11) is 5.93. The fraction of sp³-hybridized carbons (Fsp3) is 0.400. The molecule has 3 nitrogen and oxygen atoms in total. The Labute approximate surface area is 79.0 Å². The molecular weight excluding hydrogens is 164 g/mol.